The lowest BCUT2D eigenvalue weighted by Gasteiger charge is -2.18. The van der Waals surface area contributed by atoms with Gasteiger partial charge >= 0.3 is 0 Å². The van der Waals surface area contributed by atoms with E-state index in [1.165, 1.54) is 17.4 Å². The first-order chi connectivity index (χ1) is 17.9. The Morgan fingerprint density at radius 2 is 1.62 bits per heavy atom. The van der Waals surface area contributed by atoms with Crippen LogP contribution >= 0.6 is 22.9 Å². The molecule has 0 saturated carbocycles. The molecule has 2 N–H and O–H groups in total. The van der Waals surface area contributed by atoms with Gasteiger partial charge in [0.2, 0.25) is 21.1 Å². The Kier molecular flexibility index (Phi) is 7.29. The smallest absolute Gasteiger partial charge is 0.244 e. The second kappa shape index (κ2) is 10.8. The third-order valence-corrected chi connectivity index (χ3v) is 8.32. The Hall–Kier alpha value is -3.63. The third-order valence-electron chi connectivity index (χ3n) is 5.66. The van der Waals surface area contributed by atoms with E-state index in [0.29, 0.717) is 15.4 Å². The lowest BCUT2D eigenvalue weighted by atomic mass is 10.1. The topological polar surface area (TPSA) is 101 Å². The van der Waals surface area contributed by atoms with Gasteiger partial charge in [-0.3, -0.25) is 10.1 Å². The third kappa shape index (κ3) is 5.86. The molecule has 5 aromatic rings. The van der Waals surface area contributed by atoms with Crippen molar-refractivity contribution in [1.29, 1.82) is 0 Å². The van der Waals surface area contributed by atoms with Gasteiger partial charge in [0.1, 0.15) is 11.0 Å². The molecule has 1 unspecified atom stereocenters. The van der Waals surface area contributed by atoms with E-state index in [0.717, 1.165) is 16.5 Å². The summed E-state index contributed by atoms with van der Waals surface area (Å²) in [7, 11) is -4.04. The first-order valence-electron chi connectivity index (χ1n) is 11.3. The zero-order valence-corrected chi connectivity index (χ0v) is 21.7. The number of sulfonamides is 1. The Morgan fingerprint density at radius 3 is 2.43 bits per heavy atom. The summed E-state index contributed by atoms with van der Waals surface area (Å²) in [4.78, 5) is 13.5. The first-order valence-corrected chi connectivity index (χ1v) is 14.0. The second-order valence-corrected chi connectivity index (χ2v) is 11.3. The molecule has 37 heavy (non-hydrogen) atoms. The Labute approximate surface area is 223 Å². The highest BCUT2D eigenvalue weighted by molar-refractivity contribution is 7.89. The molecule has 1 amide bonds. The van der Waals surface area contributed by atoms with Gasteiger partial charge in [-0.2, -0.15) is 4.72 Å². The van der Waals surface area contributed by atoms with Gasteiger partial charge in [0.05, 0.1) is 4.90 Å². The van der Waals surface area contributed by atoms with E-state index < -0.39 is 22.0 Å². The van der Waals surface area contributed by atoms with Gasteiger partial charge in [-0.1, -0.05) is 102 Å². The fourth-order valence-corrected chi connectivity index (χ4v) is 6.28. The van der Waals surface area contributed by atoms with Crippen LogP contribution in [0.15, 0.2) is 102 Å². The lowest BCUT2D eigenvalue weighted by molar-refractivity contribution is -0.117. The Bertz CT molecular complexity index is 1670. The number of halogens is 1. The highest BCUT2D eigenvalue weighted by atomic mass is 35.5. The number of carbonyl (C=O) groups is 1. The fourth-order valence-electron chi connectivity index (χ4n) is 3.92. The van der Waals surface area contributed by atoms with E-state index in [-0.39, 0.29) is 16.4 Å². The average molecular weight is 549 g/mol. The monoisotopic (exact) mass is 548 g/mol. The summed E-state index contributed by atoms with van der Waals surface area (Å²) in [6.45, 7) is 0. The van der Waals surface area contributed by atoms with Crippen LogP contribution in [-0.2, 0) is 21.2 Å². The van der Waals surface area contributed by atoms with E-state index in [2.05, 4.69) is 20.2 Å². The van der Waals surface area contributed by atoms with Gasteiger partial charge in [0.15, 0.2) is 0 Å². The maximum absolute atomic E-state index is 13.5. The molecule has 10 heteroatoms. The number of fused-ring (bicyclic) bond motifs is 1. The van der Waals surface area contributed by atoms with E-state index >= 15 is 0 Å². The number of hydrogen-bond donors (Lipinski definition) is 2. The van der Waals surface area contributed by atoms with Crippen LogP contribution < -0.4 is 10.0 Å². The van der Waals surface area contributed by atoms with Crippen LogP contribution in [0.3, 0.4) is 0 Å². The van der Waals surface area contributed by atoms with Gasteiger partial charge in [-0.25, -0.2) is 8.42 Å². The molecule has 0 aliphatic heterocycles. The number of nitrogens with zero attached hydrogens (tertiary/aromatic N) is 2. The van der Waals surface area contributed by atoms with Crippen molar-refractivity contribution in [2.24, 2.45) is 0 Å². The minimum atomic E-state index is -4.04. The summed E-state index contributed by atoms with van der Waals surface area (Å²) < 4.78 is 29.6. The summed E-state index contributed by atoms with van der Waals surface area (Å²) >= 11 is 7.25. The molecule has 4 aromatic carbocycles. The SMILES string of the molecule is O=C(Nc1nnc(-c2cccc(Cl)c2)s1)C(Cc1ccccc1)NS(=O)(=O)c1cccc2ccccc12. The molecule has 1 aromatic heterocycles. The summed E-state index contributed by atoms with van der Waals surface area (Å²) in [5, 5.41) is 13.7. The van der Waals surface area contributed by atoms with Crippen molar-refractivity contribution in [3.63, 3.8) is 0 Å². The summed E-state index contributed by atoms with van der Waals surface area (Å²) in [6, 6.07) is 27.5. The van der Waals surface area contributed by atoms with Crippen LogP contribution in [0, 0.1) is 0 Å². The van der Waals surface area contributed by atoms with Crippen molar-refractivity contribution in [2.45, 2.75) is 17.4 Å². The molecule has 1 heterocycles. The second-order valence-electron chi connectivity index (χ2n) is 8.25. The summed E-state index contributed by atoms with van der Waals surface area (Å²) in [5.74, 6) is -0.540. The molecule has 186 valence electrons. The van der Waals surface area contributed by atoms with Crippen molar-refractivity contribution in [3.8, 4) is 10.6 Å². The quantitative estimate of drug-likeness (QED) is 0.265. The molecular formula is C27H21ClN4O3S2. The minimum Gasteiger partial charge on any atom is -0.299 e. The van der Waals surface area contributed by atoms with Crippen LogP contribution in [-0.4, -0.2) is 30.6 Å². The van der Waals surface area contributed by atoms with Gasteiger partial charge in [0, 0.05) is 16.0 Å². The number of amides is 1. The molecule has 0 radical (unpaired) electrons. The van der Waals surface area contributed by atoms with Crippen molar-refractivity contribution in [2.75, 3.05) is 5.32 Å². The largest absolute Gasteiger partial charge is 0.299 e. The van der Waals surface area contributed by atoms with Crippen molar-refractivity contribution in [3.05, 3.63) is 108 Å². The van der Waals surface area contributed by atoms with Crippen molar-refractivity contribution >= 4 is 54.8 Å². The minimum absolute atomic E-state index is 0.107. The molecular weight excluding hydrogens is 528 g/mol. The van der Waals surface area contributed by atoms with Gasteiger partial charge in [-0.15, -0.1) is 10.2 Å². The number of benzene rings is 4. The van der Waals surface area contributed by atoms with E-state index in [1.54, 1.807) is 36.4 Å². The fraction of sp³-hybridized carbons (Fsp3) is 0.0741. The first kappa shape index (κ1) is 25.0. The summed E-state index contributed by atoms with van der Waals surface area (Å²) in [6.07, 6.45) is 0.149. The maximum Gasteiger partial charge on any atom is 0.244 e. The van der Waals surface area contributed by atoms with Gasteiger partial charge in [0.25, 0.3) is 0 Å². The average Bonchev–Trinajstić information content (AvgIpc) is 3.37. The lowest BCUT2D eigenvalue weighted by Crippen LogP contribution is -2.45. The van der Waals surface area contributed by atoms with Crippen LogP contribution in [0.5, 0.6) is 0 Å². The predicted molar refractivity (Wildman–Crippen MR) is 147 cm³/mol. The van der Waals surface area contributed by atoms with Crippen molar-refractivity contribution < 1.29 is 13.2 Å². The normalized spacial score (nSPS) is 12.4. The maximum atomic E-state index is 13.5. The molecule has 0 bridgehead atoms. The molecule has 0 saturated heterocycles. The highest BCUT2D eigenvalue weighted by Crippen LogP contribution is 2.28. The zero-order chi connectivity index (χ0) is 25.8. The number of hydrogen-bond acceptors (Lipinski definition) is 6. The van der Waals surface area contributed by atoms with Crippen LogP contribution in [0.2, 0.25) is 5.02 Å². The van der Waals surface area contributed by atoms with Crippen LogP contribution in [0.25, 0.3) is 21.3 Å². The number of carbonyl (C=O) groups excluding carboxylic acids is 1. The molecule has 0 aliphatic rings. The Balaban J connectivity index is 1.42. The Morgan fingerprint density at radius 1 is 0.892 bits per heavy atom. The number of nitrogens with one attached hydrogen (secondary N) is 2. The standard InChI is InChI=1S/C27H21ClN4O3S2/c28-21-13-6-12-20(17-21)26-30-31-27(36-26)29-25(33)23(16-18-8-2-1-3-9-18)32-37(34,35)24-15-7-11-19-10-4-5-14-22(19)24/h1-15,17,23,32H,16H2,(H,29,31,33). The molecule has 0 fully saturated rings. The molecule has 5 rings (SSSR count). The van der Waals surface area contributed by atoms with Crippen LogP contribution in [0.4, 0.5) is 5.13 Å². The van der Waals surface area contributed by atoms with Crippen molar-refractivity contribution in [1.82, 2.24) is 14.9 Å². The molecule has 0 spiro atoms. The van der Waals surface area contributed by atoms with Gasteiger partial charge < -0.3 is 0 Å². The van der Waals surface area contributed by atoms with E-state index in [9.17, 15) is 13.2 Å². The highest BCUT2D eigenvalue weighted by Gasteiger charge is 2.28. The predicted octanol–water partition coefficient (Wildman–Crippen LogP) is 5.54. The van der Waals surface area contributed by atoms with E-state index in [4.69, 9.17) is 11.6 Å². The number of aromatic nitrogens is 2. The summed E-state index contributed by atoms with van der Waals surface area (Å²) in [5.41, 5.74) is 1.57. The molecule has 0 aliphatic carbocycles. The van der Waals surface area contributed by atoms with E-state index in [1.807, 2.05) is 54.6 Å². The number of rotatable bonds is 8. The van der Waals surface area contributed by atoms with Crippen LogP contribution in [0.1, 0.15) is 5.56 Å². The molecule has 1 atom stereocenters. The number of anilines is 1. The van der Waals surface area contributed by atoms with Gasteiger partial charge in [-0.05, 0) is 35.6 Å². The zero-order valence-electron chi connectivity index (χ0n) is 19.3. The molecule has 7 nitrogen and oxygen atoms in total.